The number of carbonyl (C=O) groups excluding carboxylic acids is 3. The number of imide groups is 1. The maximum atomic E-state index is 13.2. The van der Waals surface area contributed by atoms with Gasteiger partial charge in [-0.2, -0.15) is 0 Å². The molecule has 2 aromatic carbocycles. The van der Waals surface area contributed by atoms with Crippen LogP contribution in [-0.4, -0.2) is 52.7 Å². The third-order valence-electron chi connectivity index (χ3n) is 7.90. The summed E-state index contributed by atoms with van der Waals surface area (Å²) in [6.45, 7) is 2.85. The Labute approximate surface area is 206 Å². The molecule has 3 unspecified atom stereocenters. The van der Waals surface area contributed by atoms with Gasteiger partial charge >= 0.3 is 0 Å². The molecule has 3 aliphatic heterocycles. The highest BCUT2D eigenvalue weighted by molar-refractivity contribution is 6.05. The Bertz CT molecular complexity index is 1100. The van der Waals surface area contributed by atoms with Gasteiger partial charge < -0.3 is 10.6 Å². The Balaban J connectivity index is 1.35. The lowest BCUT2D eigenvalue weighted by molar-refractivity contribution is -0.136. The normalized spacial score (nSPS) is 23.8. The first kappa shape index (κ1) is 23.7. The van der Waals surface area contributed by atoms with Crippen LogP contribution in [0, 0.1) is 5.92 Å². The van der Waals surface area contributed by atoms with Gasteiger partial charge in [0, 0.05) is 31.1 Å². The molecule has 0 bridgehead atoms. The van der Waals surface area contributed by atoms with Crippen molar-refractivity contribution in [2.75, 3.05) is 13.1 Å². The number of hydrogen-bond donors (Lipinski definition) is 2. The molecule has 3 amide bonds. The lowest BCUT2D eigenvalue weighted by Gasteiger charge is -2.40. The summed E-state index contributed by atoms with van der Waals surface area (Å²) in [7, 11) is 0. The zero-order valence-corrected chi connectivity index (χ0v) is 20.1. The van der Waals surface area contributed by atoms with Gasteiger partial charge in [-0.05, 0) is 67.4 Å². The minimum Gasteiger partial charge on any atom is -0.330 e. The van der Waals surface area contributed by atoms with E-state index in [4.69, 9.17) is 5.73 Å². The number of fused-ring (bicyclic) bond motifs is 1. The number of nitrogens with zero attached hydrogens (tertiary/aromatic N) is 2. The van der Waals surface area contributed by atoms with Gasteiger partial charge in [-0.3, -0.25) is 24.6 Å². The molecule has 5 rings (SSSR count). The number of piperidine rings is 2. The lowest BCUT2D eigenvalue weighted by Crippen LogP contribution is -2.52. The Morgan fingerprint density at radius 2 is 1.83 bits per heavy atom. The largest absolute Gasteiger partial charge is 0.330 e. The number of carbonyl (C=O) groups is 3. The van der Waals surface area contributed by atoms with Crippen molar-refractivity contribution in [2.24, 2.45) is 11.7 Å². The molecule has 7 heteroatoms. The molecule has 2 saturated heterocycles. The maximum absolute atomic E-state index is 13.2. The zero-order valence-electron chi connectivity index (χ0n) is 20.1. The second-order valence-electron chi connectivity index (χ2n) is 10.1. The average molecular weight is 475 g/mol. The van der Waals surface area contributed by atoms with Crippen molar-refractivity contribution in [2.45, 2.75) is 63.7 Å². The number of rotatable bonds is 7. The molecule has 0 aliphatic carbocycles. The number of hydrogen-bond acceptors (Lipinski definition) is 5. The van der Waals surface area contributed by atoms with E-state index in [2.05, 4.69) is 40.5 Å². The SMILES string of the molecule is NCC(Cc1ccccc1)C1CCCCN1Cc1cccc2c1CN(C1CCC(=O)NC1=O)C2=O. The molecule has 35 heavy (non-hydrogen) atoms. The van der Waals surface area contributed by atoms with E-state index in [0.29, 0.717) is 37.0 Å². The fourth-order valence-corrected chi connectivity index (χ4v) is 6.06. The van der Waals surface area contributed by atoms with Crippen LogP contribution in [0.5, 0.6) is 0 Å². The van der Waals surface area contributed by atoms with Crippen molar-refractivity contribution in [3.8, 4) is 0 Å². The predicted octanol–water partition coefficient (Wildman–Crippen LogP) is 2.62. The van der Waals surface area contributed by atoms with Crippen molar-refractivity contribution in [1.29, 1.82) is 0 Å². The second kappa shape index (κ2) is 10.3. The van der Waals surface area contributed by atoms with Crippen LogP contribution in [0.1, 0.15) is 59.2 Å². The second-order valence-corrected chi connectivity index (χ2v) is 10.1. The lowest BCUT2D eigenvalue weighted by atomic mass is 9.85. The Hall–Kier alpha value is -3.03. The van der Waals surface area contributed by atoms with Crippen LogP contribution >= 0.6 is 0 Å². The van der Waals surface area contributed by atoms with Crippen molar-refractivity contribution in [1.82, 2.24) is 15.1 Å². The van der Waals surface area contributed by atoms with Gasteiger partial charge in [0.1, 0.15) is 6.04 Å². The molecule has 2 aromatic rings. The average Bonchev–Trinajstić information content (AvgIpc) is 3.21. The maximum Gasteiger partial charge on any atom is 0.255 e. The van der Waals surface area contributed by atoms with Crippen LogP contribution in [0.2, 0.25) is 0 Å². The van der Waals surface area contributed by atoms with Gasteiger partial charge in [0.25, 0.3) is 5.91 Å². The van der Waals surface area contributed by atoms with E-state index in [9.17, 15) is 14.4 Å². The summed E-state index contributed by atoms with van der Waals surface area (Å²) < 4.78 is 0. The molecular formula is C28H34N4O3. The molecule has 0 aromatic heterocycles. The predicted molar refractivity (Wildman–Crippen MR) is 133 cm³/mol. The van der Waals surface area contributed by atoms with Crippen molar-refractivity contribution >= 4 is 17.7 Å². The van der Waals surface area contributed by atoms with Crippen LogP contribution in [0.3, 0.4) is 0 Å². The molecule has 184 valence electrons. The zero-order chi connectivity index (χ0) is 24.4. The highest BCUT2D eigenvalue weighted by Crippen LogP contribution is 2.33. The first-order valence-corrected chi connectivity index (χ1v) is 12.8. The van der Waals surface area contributed by atoms with E-state index in [1.54, 1.807) is 4.90 Å². The minimum atomic E-state index is -0.587. The van der Waals surface area contributed by atoms with E-state index in [1.807, 2.05) is 18.2 Å². The van der Waals surface area contributed by atoms with Gasteiger partial charge in [0.2, 0.25) is 11.8 Å². The first-order chi connectivity index (χ1) is 17.0. The van der Waals surface area contributed by atoms with E-state index in [-0.39, 0.29) is 24.1 Å². The van der Waals surface area contributed by atoms with E-state index in [0.717, 1.165) is 43.5 Å². The van der Waals surface area contributed by atoms with E-state index < -0.39 is 6.04 Å². The number of nitrogens with one attached hydrogen (secondary N) is 1. The van der Waals surface area contributed by atoms with Crippen LogP contribution < -0.4 is 11.1 Å². The summed E-state index contributed by atoms with van der Waals surface area (Å²) in [6.07, 6.45) is 5.11. The molecule has 3 atom stereocenters. The van der Waals surface area contributed by atoms with E-state index in [1.165, 1.54) is 12.0 Å². The molecule has 0 saturated carbocycles. The quantitative estimate of drug-likeness (QED) is 0.602. The van der Waals surface area contributed by atoms with Crippen LogP contribution in [0.25, 0.3) is 0 Å². The molecule has 0 radical (unpaired) electrons. The first-order valence-electron chi connectivity index (χ1n) is 12.8. The molecule has 2 fully saturated rings. The van der Waals surface area contributed by atoms with Gasteiger partial charge in [0.15, 0.2) is 0 Å². The fraction of sp³-hybridized carbons (Fsp3) is 0.464. The summed E-state index contributed by atoms with van der Waals surface area (Å²) in [5.74, 6) is -0.379. The van der Waals surface area contributed by atoms with Gasteiger partial charge in [-0.15, -0.1) is 0 Å². The van der Waals surface area contributed by atoms with E-state index >= 15 is 0 Å². The van der Waals surface area contributed by atoms with Crippen LogP contribution in [0.15, 0.2) is 48.5 Å². The molecule has 3 aliphatic rings. The molecule has 0 spiro atoms. The third-order valence-corrected chi connectivity index (χ3v) is 7.90. The Kier molecular flexibility index (Phi) is 6.97. The van der Waals surface area contributed by atoms with Gasteiger partial charge in [-0.25, -0.2) is 0 Å². The number of benzene rings is 2. The summed E-state index contributed by atoms with van der Waals surface area (Å²) in [5, 5.41) is 2.39. The van der Waals surface area contributed by atoms with Crippen LogP contribution in [0.4, 0.5) is 0 Å². The van der Waals surface area contributed by atoms with Gasteiger partial charge in [-0.1, -0.05) is 48.9 Å². The van der Waals surface area contributed by atoms with Gasteiger partial charge in [0.05, 0.1) is 0 Å². The third kappa shape index (κ3) is 4.88. The highest BCUT2D eigenvalue weighted by atomic mass is 16.2. The summed E-state index contributed by atoms with van der Waals surface area (Å²) in [5.41, 5.74) is 10.5. The molecular weight excluding hydrogens is 440 g/mol. The molecule has 3 N–H and O–H groups in total. The van der Waals surface area contributed by atoms with Crippen molar-refractivity contribution in [3.63, 3.8) is 0 Å². The fourth-order valence-electron chi connectivity index (χ4n) is 6.06. The summed E-state index contributed by atoms with van der Waals surface area (Å²) in [4.78, 5) is 41.4. The smallest absolute Gasteiger partial charge is 0.255 e. The minimum absolute atomic E-state index is 0.115. The monoisotopic (exact) mass is 474 g/mol. The topological polar surface area (TPSA) is 95.7 Å². The van der Waals surface area contributed by atoms with Crippen molar-refractivity contribution < 1.29 is 14.4 Å². The molecule has 7 nitrogen and oxygen atoms in total. The van der Waals surface area contributed by atoms with Crippen molar-refractivity contribution in [3.05, 3.63) is 70.8 Å². The summed E-state index contributed by atoms with van der Waals surface area (Å²) in [6, 6.07) is 16.3. The Morgan fingerprint density at radius 1 is 1.00 bits per heavy atom. The highest BCUT2D eigenvalue weighted by Gasteiger charge is 2.40. The number of nitrogens with two attached hydrogens (primary N) is 1. The number of likely N-dealkylation sites (tertiary alicyclic amines) is 1. The molecule has 3 heterocycles. The number of amides is 3. The standard InChI is InChI=1S/C28H34N4O3/c29-16-21(15-19-7-2-1-3-8-19)24-11-4-5-14-31(24)17-20-9-6-10-22-23(20)18-32(28(22)35)25-12-13-26(33)30-27(25)34/h1-3,6-10,21,24-25H,4-5,11-18,29H2,(H,30,33,34). The van der Waals surface area contributed by atoms with Crippen LogP contribution in [-0.2, 0) is 29.1 Å². The Morgan fingerprint density at radius 3 is 2.60 bits per heavy atom. The summed E-state index contributed by atoms with van der Waals surface area (Å²) >= 11 is 0.